The van der Waals surface area contributed by atoms with E-state index in [2.05, 4.69) is 0 Å². The summed E-state index contributed by atoms with van der Waals surface area (Å²) < 4.78 is 49.1. The number of aliphatic hydroxyl groups excluding tert-OH is 10. The molecule has 0 aromatic heterocycles. The van der Waals surface area contributed by atoms with Gasteiger partial charge < -0.3 is 89.7 Å². The van der Waals surface area contributed by atoms with Crippen molar-refractivity contribution in [1.82, 2.24) is 0 Å². The topological polar surface area (TPSA) is 353 Å². The zero-order valence-corrected chi connectivity index (χ0v) is 36.4. The van der Waals surface area contributed by atoms with Crippen LogP contribution in [0.3, 0.4) is 0 Å². The minimum absolute atomic E-state index is 0.144. The van der Waals surface area contributed by atoms with Crippen LogP contribution in [0.2, 0.25) is 0 Å². The molecule has 6 unspecified atom stereocenters. The molecule has 376 valence electrons. The van der Waals surface area contributed by atoms with E-state index in [0.29, 0.717) is 22.4 Å². The van der Waals surface area contributed by atoms with Crippen LogP contribution in [-0.2, 0) is 38.1 Å². The number of β-lactam (4-membered cyclic amide) rings is 1. The number of amides is 1. The summed E-state index contributed by atoms with van der Waals surface area (Å²) in [5.41, 5.74) is 1.89. The maximum atomic E-state index is 14.3. The number of ether oxygens (including phenoxy) is 6. The molecule has 4 aliphatic heterocycles. The van der Waals surface area contributed by atoms with Crippen molar-refractivity contribution < 1.29 is 108 Å². The Morgan fingerprint density at radius 3 is 1.81 bits per heavy atom. The number of anilines is 1. The predicted molar refractivity (Wildman–Crippen MR) is 230 cm³/mol. The number of carboxylic acids is 2. The molecular weight excluding hydrogens is 934 g/mol. The molecule has 0 radical (unpaired) electrons. The van der Waals surface area contributed by atoms with E-state index in [1.807, 2.05) is 0 Å². The molecular formula is C47H50FNO21. The lowest BCUT2D eigenvalue weighted by Crippen LogP contribution is -2.62. The molecule has 0 saturated carbocycles. The van der Waals surface area contributed by atoms with Gasteiger partial charge in [-0.2, -0.15) is 0 Å². The number of carbonyl (C=O) groups is 3. The first-order valence-electron chi connectivity index (χ1n) is 21.9. The van der Waals surface area contributed by atoms with Gasteiger partial charge >= 0.3 is 11.9 Å². The molecule has 23 heteroatoms. The standard InChI is InChI=1S/C47H50FNO21/c48-23-13-10-20(11-14-23)28(68-47-38(59)33(54)36(57)42(70-47)45(63)64)18-65-40-29(49(43(40)60)24-4-2-1-3-5-24)25-15-12-22(16-26(25)67-46-37(58)32(53)35(56)41(69-46)44(61)62)19-6-8-21(9-7-19)39-34(55)31(52)30(51)27(17-50)66-39/h1-16,27-42,46-47,50-59H,17-18H2,(H,61,62)(H,63,64)/t27-,28+,29-,30-,31+,32+,33+,34-,35?,36+,37?,38?,39?,40-,41?,42?,46-,47-/m1/s1. The minimum atomic E-state index is -2.08. The Bertz CT molecular complexity index is 2470. The zero-order valence-electron chi connectivity index (χ0n) is 36.4. The average molecular weight is 984 g/mol. The van der Waals surface area contributed by atoms with E-state index >= 15 is 0 Å². The number of hydrogen-bond acceptors (Lipinski definition) is 19. The van der Waals surface area contributed by atoms with Crippen LogP contribution in [0, 0.1) is 5.82 Å². The fourth-order valence-electron chi connectivity index (χ4n) is 8.79. The summed E-state index contributed by atoms with van der Waals surface area (Å²) in [6.45, 7) is -1.24. The maximum absolute atomic E-state index is 14.3. The van der Waals surface area contributed by atoms with Crippen molar-refractivity contribution in [3.63, 3.8) is 0 Å². The Kier molecular flexibility index (Phi) is 15.3. The second-order valence-corrected chi connectivity index (χ2v) is 17.1. The second-order valence-electron chi connectivity index (χ2n) is 17.1. The molecule has 12 N–H and O–H groups in total. The van der Waals surface area contributed by atoms with E-state index in [9.17, 15) is 80.1 Å². The summed E-state index contributed by atoms with van der Waals surface area (Å²) in [5, 5.41) is 124. The highest BCUT2D eigenvalue weighted by molar-refractivity contribution is 6.05. The normalized spacial score (nSPS) is 34.9. The third kappa shape index (κ3) is 9.87. The first-order chi connectivity index (χ1) is 33.4. The molecule has 0 bridgehead atoms. The maximum Gasteiger partial charge on any atom is 0.335 e. The van der Waals surface area contributed by atoms with Crippen LogP contribution >= 0.6 is 0 Å². The number of carboxylic acid groups (broad SMARTS) is 2. The van der Waals surface area contributed by atoms with Crippen LogP contribution in [0.5, 0.6) is 5.75 Å². The number of rotatable bonds is 15. The SMILES string of the molecule is O=C(O)C1O[C@@H](Oc2cc(-c3ccc(C4O[C@H](CO)[C@@H](O)[C@H](O)[C@H]4O)cc3)ccc2[C@@H]2[C@@H](OC[C@H](O[C@@H]3OC(C(=O)O)[C@@H](O)[C@H](O)C3O)c3ccc(F)cc3)C(=O)N2c2ccccc2)C(O)[C@@H](O)C1O. The first-order valence-corrected chi connectivity index (χ1v) is 21.9. The lowest BCUT2D eigenvalue weighted by Gasteiger charge is -2.48. The van der Waals surface area contributed by atoms with Crippen molar-refractivity contribution in [2.75, 3.05) is 18.1 Å². The predicted octanol–water partition coefficient (Wildman–Crippen LogP) is -1.60. The molecule has 4 fully saturated rings. The van der Waals surface area contributed by atoms with Crippen LogP contribution in [0.1, 0.15) is 34.9 Å². The van der Waals surface area contributed by atoms with E-state index in [1.54, 1.807) is 60.7 Å². The van der Waals surface area contributed by atoms with E-state index in [4.69, 9.17) is 28.4 Å². The Morgan fingerprint density at radius 2 is 1.21 bits per heavy atom. The van der Waals surface area contributed by atoms with Gasteiger partial charge in [0.05, 0.1) is 13.2 Å². The van der Waals surface area contributed by atoms with Crippen molar-refractivity contribution in [1.29, 1.82) is 0 Å². The zero-order chi connectivity index (χ0) is 50.3. The molecule has 4 heterocycles. The van der Waals surface area contributed by atoms with Gasteiger partial charge in [-0.25, -0.2) is 14.0 Å². The number of hydrogen-bond donors (Lipinski definition) is 12. The molecule has 4 aromatic rings. The van der Waals surface area contributed by atoms with Crippen molar-refractivity contribution in [2.45, 2.75) is 110 Å². The van der Waals surface area contributed by atoms with Gasteiger partial charge in [-0.15, -0.1) is 0 Å². The Hall–Kier alpha value is -5.58. The molecule has 1 amide bonds. The van der Waals surface area contributed by atoms with Crippen LogP contribution in [0.25, 0.3) is 11.1 Å². The van der Waals surface area contributed by atoms with E-state index < -0.39 is 147 Å². The van der Waals surface area contributed by atoms with Gasteiger partial charge in [-0.05, 0) is 52.6 Å². The lowest BCUT2D eigenvalue weighted by molar-refractivity contribution is -0.309. The quantitative estimate of drug-likeness (QED) is 0.0597. The Balaban J connectivity index is 1.16. The Labute approximate surface area is 396 Å². The molecule has 22 nitrogen and oxygen atoms in total. The highest BCUT2D eigenvalue weighted by Crippen LogP contribution is 2.47. The van der Waals surface area contributed by atoms with Crippen LogP contribution in [0.4, 0.5) is 10.1 Å². The van der Waals surface area contributed by atoms with E-state index in [1.165, 1.54) is 29.2 Å². The van der Waals surface area contributed by atoms with Gasteiger partial charge in [-0.1, -0.05) is 66.7 Å². The number of halogens is 1. The van der Waals surface area contributed by atoms with Crippen molar-refractivity contribution >= 4 is 23.5 Å². The molecule has 4 aromatic carbocycles. The summed E-state index contributed by atoms with van der Waals surface area (Å²) >= 11 is 0. The number of carbonyl (C=O) groups excluding carboxylic acids is 1. The molecule has 18 atom stereocenters. The van der Waals surface area contributed by atoms with Gasteiger partial charge in [0, 0.05) is 11.3 Å². The highest BCUT2D eigenvalue weighted by atomic mass is 19.1. The third-order valence-corrected chi connectivity index (χ3v) is 12.7. The largest absolute Gasteiger partial charge is 0.479 e. The third-order valence-electron chi connectivity index (χ3n) is 12.7. The van der Waals surface area contributed by atoms with E-state index in [0.717, 1.165) is 12.1 Å². The number of aliphatic hydroxyl groups is 10. The lowest BCUT2D eigenvalue weighted by atomic mass is 9.87. The summed E-state index contributed by atoms with van der Waals surface area (Å²) in [5.74, 6) is -4.84. The van der Waals surface area contributed by atoms with Crippen LogP contribution in [0.15, 0.2) is 97.1 Å². The number of aliphatic carboxylic acids is 2. The average Bonchev–Trinajstić information content (AvgIpc) is 3.35. The van der Waals surface area contributed by atoms with Gasteiger partial charge in [-0.3, -0.25) is 9.69 Å². The van der Waals surface area contributed by atoms with Crippen molar-refractivity contribution in [3.8, 4) is 16.9 Å². The summed E-state index contributed by atoms with van der Waals surface area (Å²) in [6.07, 6.45) is -30.2. The molecule has 8 rings (SSSR count). The van der Waals surface area contributed by atoms with Gasteiger partial charge in [0.15, 0.2) is 24.6 Å². The molecule has 4 saturated heterocycles. The van der Waals surface area contributed by atoms with Gasteiger partial charge in [0.2, 0.25) is 6.29 Å². The van der Waals surface area contributed by atoms with Gasteiger partial charge in [0.25, 0.3) is 5.91 Å². The van der Waals surface area contributed by atoms with E-state index in [-0.39, 0.29) is 16.9 Å². The number of nitrogens with zero attached hydrogens (tertiary/aromatic N) is 1. The fourth-order valence-corrected chi connectivity index (χ4v) is 8.79. The summed E-state index contributed by atoms with van der Waals surface area (Å²) in [6, 6.07) is 22.6. The molecule has 4 aliphatic rings. The number of benzene rings is 4. The van der Waals surface area contributed by atoms with Crippen molar-refractivity contribution in [2.24, 2.45) is 0 Å². The molecule has 70 heavy (non-hydrogen) atoms. The molecule has 0 aliphatic carbocycles. The summed E-state index contributed by atoms with van der Waals surface area (Å²) in [4.78, 5) is 39.6. The molecule has 0 spiro atoms. The monoisotopic (exact) mass is 983 g/mol. The highest BCUT2D eigenvalue weighted by Gasteiger charge is 2.54. The minimum Gasteiger partial charge on any atom is -0.479 e. The summed E-state index contributed by atoms with van der Waals surface area (Å²) in [7, 11) is 0. The smallest absolute Gasteiger partial charge is 0.335 e. The fraction of sp³-hybridized carbons (Fsp3) is 0.426. The van der Waals surface area contributed by atoms with Crippen LogP contribution in [-0.4, -0.2) is 184 Å². The van der Waals surface area contributed by atoms with Crippen LogP contribution < -0.4 is 9.64 Å². The first kappa shape index (κ1) is 50.8. The number of para-hydroxylation sites is 1. The second kappa shape index (κ2) is 21.0. The van der Waals surface area contributed by atoms with Gasteiger partial charge in [0.1, 0.15) is 90.9 Å². The van der Waals surface area contributed by atoms with Crippen molar-refractivity contribution in [3.05, 3.63) is 120 Å². The Morgan fingerprint density at radius 1 is 0.643 bits per heavy atom.